The Hall–Kier alpha value is -5.57. The molecule has 0 fully saturated rings. The molecule has 300 valence electrons. The first-order valence-corrected chi connectivity index (χ1v) is 19.8. The molecule has 0 unspecified atom stereocenters. The Kier molecular flexibility index (Phi) is 19.4. The summed E-state index contributed by atoms with van der Waals surface area (Å²) in [6.07, 6.45) is 7.79. The summed E-state index contributed by atoms with van der Waals surface area (Å²) in [7, 11) is 4.67. The highest BCUT2D eigenvalue weighted by molar-refractivity contribution is 9.10. The van der Waals surface area contributed by atoms with E-state index in [1.807, 2.05) is 156 Å². The first-order chi connectivity index (χ1) is 27.8. The van der Waals surface area contributed by atoms with E-state index < -0.39 is 5.60 Å². The van der Waals surface area contributed by atoms with Crippen molar-refractivity contribution < 1.29 is 33.2 Å². The average molecular weight is 836 g/mol. The maximum Gasteiger partial charge on any atom is 0.337 e. The molecule has 0 amide bonds. The number of benzene rings is 5. The fourth-order valence-corrected chi connectivity index (χ4v) is 6.26. The van der Waals surface area contributed by atoms with E-state index in [-0.39, 0.29) is 12.6 Å². The number of ether oxygens (including phenoxy) is 6. The van der Waals surface area contributed by atoms with Gasteiger partial charge in [0.25, 0.3) is 0 Å². The molecule has 0 heterocycles. The largest absolute Gasteiger partial charge is 0.497 e. The number of hydrogen-bond acceptors (Lipinski definition) is 7. The second-order valence-corrected chi connectivity index (χ2v) is 12.8. The molecule has 5 rings (SSSR count). The lowest BCUT2D eigenvalue weighted by Gasteiger charge is -2.37. The van der Waals surface area contributed by atoms with Gasteiger partial charge in [0.05, 0.1) is 33.5 Å². The smallest absolute Gasteiger partial charge is 0.337 e. The first kappa shape index (κ1) is 45.8. The highest BCUT2D eigenvalue weighted by atomic mass is 79.9. The molecule has 0 aromatic heterocycles. The van der Waals surface area contributed by atoms with Crippen LogP contribution in [0.3, 0.4) is 0 Å². The second kappa shape index (κ2) is 24.1. The SMILES string of the molecule is C=C/C=C(\C=C/C)C(OCc1cccc(OCc2cc(OCc3cccc(C(=O)OC)c3)ccc2Br)c1)(c1ccc(OC)cc1)c1ccc(OC)cc1.CC.CC. The van der Waals surface area contributed by atoms with Crippen molar-refractivity contribution >= 4 is 21.9 Å². The molecular weight excluding hydrogens is 780 g/mol. The number of halogens is 1. The summed E-state index contributed by atoms with van der Waals surface area (Å²) >= 11 is 3.66. The summed E-state index contributed by atoms with van der Waals surface area (Å²) in [6, 6.07) is 36.7. The van der Waals surface area contributed by atoms with Crippen LogP contribution in [0.4, 0.5) is 0 Å². The van der Waals surface area contributed by atoms with Gasteiger partial charge in [0, 0.05) is 10.0 Å². The molecule has 0 atom stereocenters. The minimum Gasteiger partial charge on any atom is -0.497 e. The zero-order chi connectivity index (χ0) is 41.6. The van der Waals surface area contributed by atoms with Crippen LogP contribution in [0.15, 0.2) is 156 Å². The van der Waals surface area contributed by atoms with Crippen molar-refractivity contribution in [1.29, 1.82) is 0 Å². The molecule has 5 aromatic rings. The molecular formula is C49H55BrO7. The van der Waals surface area contributed by atoms with Gasteiger partial charge in [0.2, 0.25) is 0 Å². The Morgan fingerprint density at radius 3 is 1.77 bits per heavy atom. The Balaban J connectivity index is 0.00000211. The lowest BCUT2D eigenvalue weighted by molar-refractivity contribution is -0.000430. The van der Waals surface area contributed by atoms with Crippen molar-refractivity contribution in [2.24, 2.45) is 0 Å². The fraction of sp³-hybridized carbons (Fsp3) is 0.245. The van der Waals surface area contributed by atoms with Crippen molar-refractivity contribution in [2.45, 2.75) is 60.0 Å². The monoisotopic (exact) mass is 834 g/mol. The maximum atomic E-state index is 11.9. The van der Waals surface area contributed by atoms with Crippen LogP contribution in [-0.2, 0) is 34.9 Å². The van der Waals surface area contributed by atoms with Crippen LogP contribution in [-0.4, -0.2) is 27.3 Å². The third-order valence-electron chi connectivity index (χ3n) is 8.56. The van der Waals surface area contributed by atoms with Gasteiger partial charge in [-0.1, -0.05) is 123 Å². The van der Waals surface area contributed by atoms with Gasteiger partial charge < -0.3 is 28.4 Å². The molecule has 0 saturated heterocycles. The summed E-state index contributed by atoms with van der Waals surface area (Å²) in [5.41, 5.74) is 4.91. The van der Waals surface area contributed by atoms with E-state index in [9.17, 15) is 4.79 Å². The zero-order valence-electron chi connectivity index (χ0n) is 34.3. The molecule has 0 bridgehead atoms. The molecule has 0 aliphatic heterocycles. The van der Waals surface area contributed by atoms with Crippen molar-refractivity contribution in [3.63, 3.8) is 0 Å². The molecule has 0 saturated carbocycles. The van der Waals surface area contributed by atoms with Crippen LogP contribution in [0, 0.1) is 0 Å². The molecule has 8 heteroatoms. The molecule has 0 N–H and O–H groups in total. The summed E-state index contributed by atoms with van der Waals surface area (Å²) in [6.45, 7) is 14.9. The van der Waals surface area contributed by atoms with E-state index in [4.69, 9.17) is 28.4 Å². The van der Waals surface area contributed by atoms with Gasteiger partial charge in [-0.25, -0.2) is 4.79 Å². The standard InChI is InChI=1S/C45H43BrO7.2C2H6/c1-6-10-36(11-7-2)45(37-16-20-39(48-3)21-17-37,38-18-22-40(49-4)23-19-38)53-30-33-13-9-15-41(27-33)52-31-35-28-42(24-25-43(35)46)51-29-32-12-8-14-34(26-32)44(47)50-5;2*1-2/h6-28H,1,29-31H2,2-5H3;2*1-2H3/b11-7-,36-10+;;. The number of allylic oxidation sites excluding steroid dienone is 3. The third kappa shape index (κ3) is 12.5. The molecule has 0 aliphatic carbocycles. The minimum absolute atomic E-state index is 0.269. The molecule has 0 aliphatic rings. The second-order valence-electron chi connectivity index (χ2n) is 12.0. The topological polar surface area (TPSA) is 72.5 Å². The summed E-state index contributed by atoms with van der Waals surface area (Å²) < 4.78 is 36.2. The van der Waals surface area contributed by atoms with E-state index >= 15 is 0 Å². The minimum atomic E-state index is -1.01. The van der Waals surface area contributed by atoms with Crippen molar-refractivity contribution in [1.82, 2.24) is 0 Å². The van der Waals surface area contributed by atoms with Gasteiger partial charge in [0.15, 0.2) is 0 Å². The summed E-state index contributed by atoms with van der Waals surface area (Å²) in [5.74, 6) is 2.48. The van der Waals surface area contributed by atoms with Crippen LogP contribution in [0.25, 0.3) is 0 Å². The summed E-state index contributed by atoms with van der Waals surface area (Å²) in [4.78, 5) is 11.9. The molecule has 57 heavy (non-hydrogen) atoms. The van der Waals surface area contributed by atoms with Crippen LogP contribution >= 0.6 is 15.9 Å². The van der Waals surface area contributed by atoms with E-state index in [1.54, 1.807) is 32.4 Å². The molecule has 5 aromatic carbocycles. The Bertz CT molecular complexity index is 2000. The van der Waals surface area contributed by atoms with Crippen molar-refractivity contribution in [2.75, 3.05) is 21.3 Å². The quantitative estimate of drug-likeness (QED) is 0.0682. The maximum absolute atomic E-state index is 11.9. The van der Waals surface area contributed by atoms with Crippen LogP contribution in [0.1, 0.15) is 72.8 Å². The number of rotatable bonds is 17. The van der Waals surface area contributed by atoms with Gasteiger partial charge >= 0.3 is 5.97 Å². The summed E-state index contributed by atoms with van der Waals surface area (Å²) in [5, 5.41) is 0. The van der Waals surface area contributed by atoms with Gasteiger partial charge in [0.1, 0.15) is 41.8 Å². The van der Waals surface area contributed by atoms with E-state index in [1.165, 1.54) is 7.11 Å². The number of hydrogen-bond donors (Lipinski definition) is 0. The highest BCUT2D eigenvalue weighted by Crippen LogP contribution is 2.43. The Morgan fingerprint density at radius 1 is 0.667 bits per heavy atom. The third-order valence-corrected chi connectivity index (χ3v) is 9.34. The fourth-order valence-electron chi connectivity index (χ4n) is 5.90. The molecule has 7 nitrogen and oxygen atoms in total. The number of esters is 1. The van der Waals surface area contributed by atoms with Gasteiger partial charge in [-0.2, -0.15) is 0 Å². The Labute approximate surface area is 347 Å². The van der Waals surface area contributed by atoms with Crippen LogP contribution in [0.2, 0.25) is 0 Å². The average Bonchev–Trinajstić information content (AvgIpc) is 3.27. The molecule has 0 spiro atoms. The van der Waals surface area contributed by atoms with Gasteiger partial charge in [-0.3, -0.25) is 0 Å². The lowest BCUT2D eigenvalue weighted by atomic mass is 9.79. The zero-order valence-corrected chi connectivity index (χ0v) is 35.9. The van der Waals surface area contributed by atoms with E-state index in [2.05, 4.69) is 22.5 Å². The van der Waals surface area contributed by atoms with Crippen LogP contribution in [0.5, 0.6) is 23.0 Å². The lowest BCUT2D eigenvalue weighted by Crippen LogP contribution is -2.33. The normalized spacial score (nSPS) is 11.0. The number of carbonyl (C=O) groups excluding carboxylic acids is 1. The number of carbonyl (C=O) groups is 1. The number of methoxy groups -OCH3 is 3. The van der Waals surface area contributed by atoms with Gasteiger partial charge in [-0.15, -0.1) is 0 Å². The van der Waals surface area contributed by atoms with Gasteiger partial charge in [-0.05, 0) is 101 Å². The highest BCUT2D eigenvalue weighted by Gasteiger charge is 2.38. The van der Waals surface area contributed by atoms with E-state index in [0.29, 0.717) is 30.3 Å². The van der Waals surface area contributed by atoms with Crippen LogP contribution < -0.4 is 18.9 Å². The van der Waals surface area contributed by atoms with Crippen molar-refractivity contribution in [3.8, 4) is 23.0 Å². The predicted molar refractivity (Wildman–Crippen MR) is 234 cm³/mol. The molecule has 0 radical (unpaired) electrons. The first-order valence-electron chi connectivity index (χ1n) is 19.0. The van der Waals surface area contributed by atoms with Crippen molar-refractivity contribution in [3.05, 3.63) is 190 Å². The predicted octanol–water partition coefficient (Wildman–Crippen LogP) is 12.6. The Morgan fingerprint density at radius 2 is 1.21 bits per heavy atom. The van der Waals surface area contributed by atoms with E-state index in [0.717, 1.165) is 49.4 Å².